The molecule has 0 aromatic carbocycles. The summed E-state index contributed by atoms with van der Waals surface area (Å²) in [7, 11) is 0. The van der Waals surface area contributed by atoms with Crippen LogP contribution in [-0.2, 0) is 9.59 Å². The van der Waals surface area contributed by atoms with Crippen molar-refractivity contribution >= 4 is 17.5 Å². The molecule has 166 valence electrons. The maximum Gasteiger partial charge on any atom is 0.228 e. The summed E-state index contributed by atoms with van der Waals surface area (Å²) in [5.41, 5.74) is 1.78. The summed E-state index contributed by atoms with van der Waals surface area (Å²) in [4.78, 5) is 33.3. The maximum atomic E-state index is 13.3. The molecule has 4 aliphatic rings. The van der Waals surface area contributed by atoms with Crippen molar-refractivity contribution < 1.29 is 9.59 Å². The van der Waals surface area contributed by atoms with Gasteiger partial charge in [0.1, 0.15) is 0 Å². The van der Waals surface area contributed by atoms with E-state index in [9.17, 15) is 9.59 Å². The van der Waals surface area contributed by atoms with E-state index < -0.39 is 0 Å². The highest BCUT2D eigenvalue weighted by Crippen LogP contribution is 2.72. The van der Waals surface area contributed by atoms with E-state index in [1.54, 1.807) is 6.20 Å². The molecule has 4 atom stereocenters. The maximum absolute atomic E-state index is 13.3. The Morgan fingerprint density at radius 2 is 1.77 bits per heavy atom. The van der Waals surface area contributed by atoms with Crippen LogP contribution in [0.4, 0.5) is 5.69 Å². The Morgan fingerprint density at radius 3 is 2.42 bits per heavy atom. The first-order valence-corrected chi connectivity index (χ1v) is 12.0. The van der Waals surface area contributed by atoms with E-state index in [2.05, 4.69) is 32.7 Å². The van der Waals surface area contributed by atoms with Gasteiger partial charge in [0, 0.05) is 12.2 Å². The van der Waals surface area contributed by atoms with Crippen molar-refractivity contribution in [2.24, 2.45) is 29.1 Å². The van der Waals surface area contributed by atoms with Crippen LogP contribution >= 0.6 is 0 Å². The number of carbonyl (C=O) groups is 2. The molecule has 0 radical (unpaired) electrons. The third-order valence-corrected chi connectivity index (χ3v) is 8.02. The molecular formula is C25H34N4O2. The number of rotatable bonds is 8. The van der Waals surface area contributed by atoms with Gasteiger partial charge in [0.2, 0.25) is 11.8 Å². The zero-order valence-electron chi connectivity index (χ0n) is 18.5. The van der Waals surface area contributed by atoms with Gasteiger partial charge >= 0.3 is 0 Å². The summed E-state index contributed by atoms with van der Waals surface area (Å²) in [6, 6.07) is 3.77. The zero-order chi connectivity index (χ0) is 21.4. The van der Waals surface area contributed by atoms with Crippen molar-refractivity contribution in [3.63, 3.8) is 0 Å². The van der Waals surface area contributed by atoms with Crippen LogP contribution < -0.4 is 10.6 Å². The molecule has 2 N–H and O–H groups in total. The van der Waals surface area contributed by atoms with Gasteiger partial charge in [-0.25, -0.2) is 0 Å². The number of unbranched alkanes of at least 4 members (excludes halogenated alkanes) is 1. The Kier molecular flexibility index (Phi) is 5.59. The number of nitrogens with one attached hydrogen (secondary N) is 2. The van der Waals surface area contributed by atoms with E-state index in [0.29, 0.717) is 12.2 Å². The largest absolute Gasteiger partial charge is 0.356 e. The van der Waals surface area contributed by atoms with Crippen molar-refractivity contribution in [1.29, 1.82) is 0 Å². The number of pyridine rings is 1. The third kappa shape index (κ3) is 3.91. The summed E-state index contributed by atoms with van der Waals surface area (Å²) in [6.07, 6.45) is 13.1. The zero-order valence-corrected chi connectivity index (χ0v) is 18.5. The molecule has 3 aliphatic carbocycles. The van der Waals surface area contributed by atoms with Crippen molar-refractivity contribution in [2.45, 2.75) is 45.4 Å². The molecule has 31 heavy (non-hydrogen) atoms. The van der Waals surface area contributed by atoms with E-state index in [0.717, 1.165) is 37.9 Å². The monoisotopic (exact) mass is 422 g/mol. The van der Waals surface area contributed by atoms with E-state index >= 15 is 0 Å². The third-order valence-electron chi connectivity index (χ3n) is 8.02. The highest BCUT2D eigenvalue weighted by Gasteiger charge is 2.69. The SMILES string of the molecule is Cc1ccc(NC(=O)[C@@H]2C3C=CC([C@H]2C(=O)NCCCCN2CCCC2)C32CC2)cn1. The van der Waals surface area contributed by atoms with E-state index in [-0.39, 0.29) is 40.9 Å². The molecule has 1 aliphatic heterocycles. The molecule has 1 spiro atoms. The van der Waals surface area contributed by atoms with Crippen molar-refractivity contribution in [2.75, 3.05) is 31.5 Å². The van der Waals surface area contributed by atoms with Crippen molar-refractivity contribution in [3.05, 3.63) is 36.2 Å². The molecule has 2 unspecified atom stereocenters. The van der Waals surface area contributed by atoms with Crippen LogP contribution in [0.3, 0.4) is 0 Å². The van der Waals surface area contributed by atoms with Crippen LogP contribution in [-0.4, -0.2) is 47.9 Å². The minimum Gasteiger partial charge on any atom is -0.356 e. The lowest BCUT2D eigenvalue weighted by molar-refractivity contribution is -0.132. The molecular weight excluding hydrogens is 388 g/mol. The first kappa shape index (κ1) is 20.7. The van der Waals surface area contributed by atoms with Gasteiger partial charge < -0.3 is 15.5 Å². The summed E-state index contributed by atoms with van der Waals surface area (Å²) in [5.74, 6) is -0.136. The molecule has 1 aromatic heterocycles. The second kappa shape index (κ2) is 8.38. The van der Waals surface area contributed by atoms with Crippen molar-refractivity contribution in [1.82, 2.24) is 15.2 Å². The summed E-state index contributed by atoms with van der Waals surface area (Å²) >= 11 is 0. The second-order valence-corrected chi connectivity index (χ2v) is 9.95. The molecule has 5 rings (SSSR count). The van der Waals surface area contributed by atoms with Crippen LogP contribution in [0.25, 0.3) is 0 Å². The first-order chi connectivity index (χ1) is 15.1. The second-order valence-electron chi connectivity index (χ2n) is 9.95. The normalized spacial score (nSPS) is 30.1. The van der Waals surface area contributed by atoms with Gasteiger partial charge in [0.25, 0.3) is 0 Å². The topological polar surface area (TPSA) is 74.3 Å². The Labute approximate surface area is 184 Å². The fraction of sp³-hybridized carbons (Fsp3) is 0.640. The predicted octanol–water partition coefficient (Wildman–Crippen LogP) is 3.15. The summed E-state index contributed by atoms with van der Waals surface area (Å²) < 4.78 is 0. The number of aryl methyl sites for hydroxylation is 1. The van der Waals surface area contributed by atoms with Gasteiger partial charge in [0.05, 0.1) is 23.7 Å². The fourth-order valence-electron chi connectivity index (χ4n) is 6.27. The lowest BCUT2D eigenvalue weighted by Gasteiger charge is -2.26. The minimum absolute atomic E-state index is 0.0389. The quantitative estimate of drug-likeness (QED) is 0.499. The van der Waals surface area contributed by atoms with E-state index in [1.165, 1.54) is 25.9 Å². The molecule has 2 amide bonds. The molecule has 3 fully saturated rings. The lowest BCUT2D eigenvalue weighted by Crippen LogP contribution is -2.42. The standard InChI is InChI=1S/C25H34N4O2/c1-17-6-7-18(16-27-17)28-24(31)22-20-9-8-19(25(20)10-11-25)21(22)23(30)26-12-2-3-13-29-14-4-5-15-29/h6-9,16,19-22H,2-5,10-15H2,1H3,(H,26,30)(H,28,31)/t19?,20?,21-,22-/m1/s1. The van der Waals surface area contributed by atoms with Crippen LogP contribution in [0.1, 0.15) is 44.2 Å². The predicted molar refractivity (Wildman–Crippen MR) is 120 cm³/mol. The van der Waals surface area contributed by atoms with Gasteiger partial charge in [-0.3, -0.25) is 14.6 Å². The number of amides is 2. The Morgan fingerprint density at radius 1 is 1.06 bits per heavy atom. The average molecular weight is 423 g/mol. The number of anilines is 1. The van der Waals surface area contributed by atoms with Gasteiger partial charge in [-0.05, 0) is 94.5 Å². The number of hydrogen-bond acceptors (Lipinski definition) is 4. The summed E-state index contributed by atoms with van der Waals surface area (Å²) in [5, 5.41) is 6.21. The summed E-state index contributed by atoms with van der Waals surface area (Å²) in [6.45, 7) is 6.20. The lowest BCUT2D eigenvalue weighted by atomic mass is 9.81. The molecule has 2 heterocycles. The van der Waals surface area contributed by atoms with Gasteiger partial charge in [-0.15, -0.1) is 0 Å². The molecule has 6 heteroatoms. The van der Waals surface area contributed by atoms with Gasteiger partial charge in [-0.1, -0.05) is 12.2 Å². The molecule has 6 nitrogen and oxygen atoms in total. The number of aromatic nitrogens is 1. The molecule has 1 aromatic rings. The van der Waals surface area contributed by atoms with Crippen LogP contribution in [0.2, 0.25) is 0 Å². The first-order valence-electron chi connectivity index (χ1n) is 12.0. The Hall–Kier alpha value is -2.21. The Bertz CT molecular complexity index is 855. The van der Waals surface area contributed by atoms with Crippen LogP contribution in [0.5, 0.6) is 0 Å². The fourth-order valence-corrected chi connectivity index (χ4v) is 6.27. The van der Waals surface area contributed by atoms with Crippen LogP contribution in [0, 0.1) is 36.0 Å². The van der Waals surface area contributed by atoms with Gasteiger partial charge in [-0.2, -0.15) is 0 Å². The average Bonchev–Trinajstić information content (AvgIpc) is 3.12. The molecule has 2 saturated carbocycles. The number of hydrogen-bond donors (Lipinski definition) is 2. The highest BCUT2D eigenvalue weighted by atomic mass is 16.2. The minimum atomic E-state index is -0.289. The number of allylic oxidation sites excluding steroid dienone is 2. The molecule has 1 saturated heterocycles. The number of nitrogens with zero attached hydrogens (tertiary/aromatic N) is 2. The van der Waals surface area contributed by atoms with Crippen molar-refractivity contribution in [3.8, 4) is 0 Å². The van der Waals surface area contributed by atoms with Gasteiger partial charge in [0.15, 0.2) is 0 Å². The van der Waals surface area contributed by atoms with E-state index in [4.69, 9.17) is 0 Å². The number of carbonyl (C=O) groups excluding carboxylic acids is 2. The van der Waals surface area contributed by atoms with E-state index in [1.807, 2.05) is 19.1 Å². The Balaban J connectivity index is 1.20. The highest BCUT2D eigenvalue weighted by molar-refractivity contribution is 5.97. The number of likely N-dealkylation sites (tertiary alicyclic amines) is 1. The molecule has 2 bridgehead atoms. The smallest absolute Gasteiger partial charge is 0.228 e. The van der Waals surface area contributed by atoms with Crippen LogP contribution in [0.15, 0.2) is 30.5 Å².